The standard InChI is InChI=1S/C15H17N5O3.ClH/c16-10-13-5-2-7-18(13)15(21)14-6-8-19(17-14)11-3-1-4-12(9-11)20(22)23;/h1,3-4,6,8-9,13H,2,5,7,10,16H2;1H. The molecule has 3 rings (SSSR count). The van der Waals surface area contributed by atoms with Gasteiger partial charge in [0, 0.05) is 37.5 Å². The van der Waals surface area contributed by atoms with Crippen molar-refractivity contribution in [2.45, 2.75) is 18.9 Å². The molecule has 1 aliphatic rings. The maximum absolute atomic E-state index is 12.5. The van der Waals surface area contributed by atoms with Crippen LogP contribution in [0.5, 0.6) is 0 Å². The summed E-state index contributed by atoms with van der Waals surface area (Å²) < 4.78 is 1.47. The summed E-state index contributed by atoms with van der Waals surface area (Å²) >= 11 is 0. The third kappa shape index (κ3) is 3.39. The summed E-state index contributed by atoms with van der Waals surface area (Å²) in [7, 11) is 0. The number of hydrogen-bond acceptors (Lipinski definition) is 5. The van der Waals surface area contributed by atoms with Gasteiger partial charge in [-0.05, 0) is 25.0 Å². The number of non-ortho nitro benzene ring substituents is 1. The zero-order valence-corrected chi connectivity index (χ0v) is 13.7. The van der Waals surface area contributed by atoms with Gasteiger partial charge in [0.1, 0.15) is 0 Å². The van der Waals surface area contributed by atoms with Crippen LogP contribution >= 0.6 is 12.4 Å². The van der Waals surface area contributed by atoms with E-state index in [0.29, 0.717) is 24.5 Å². The molecule has 1 aliphatic heterocycles. The van der Waals surface area contributed by atoms with Gasteiger partial charge in [-0.25, -0.2) is 4.68 Å². The molecule has 0 aliphatic carbocycles. The van der Waals surface area contributed by atoms with Crippen molar-refractivity contribution in [3.05, 3.63) is 52.3 Å². The predicted molar refractivity (Wildman–Crippen MR) is 90.6 cm³/mol. The smallest absolute Gasteiger partial charge is 0.274 e. The molecule has 0 saturated carbocycles. The second-order valence-electron chi connectivity index (χ2n) is 5.45. The summed E-state index contributed by atoms with van der Waals surface area (Å²) in [5, 5.41) is 15.1. The maximum Gasteiger partial charge on any atom is 0.274 e. The van der Waals surface area contributed by atoms with E-state index in [4.69, 9.17) is 5.73 Å². The highest BCUT2D eigenvalue weighted by Gasteiger charge is 2.29. The minimum absolute atomic E-state index is 0. The van der Waals surface area contributed by atoms with E-state index in [0.717, 1.165) is 12.8 Å². The molecule has 1 aromatic heterocycles. The SMILES string of the molecule is Cl.NCC1CCCN1C(=O)c1ccn(-c2cccc([N+](=O)[O-])c2)n1. The van der Waals surface area contributed by atoms with Gasteiger partial charge in [-0.2, -0.15) is 5.10 Å². The fourth-order valence-electron chi connectivity index (χ4n) is 2.83. The number of nitro benzene ring substituents is 1. The third-order valence-corrected chi connectivity index (χ3v) is 4.02. The molecule has 1 atom stereocenters. The minimum atomic E-state index is -0.463. The molecule has 0 spiro atoms. The number of aromatic nitrogens is 2. The van der Waals surface area contributed by atoms with Crippen molar-refractivity contribution in [1.29, 1.82) is 0 Å². The predicted octanol–water partition coefficient (Wildman–Crippen LogP) is 1.77. The lowest BCUT2D eigenvalue weighted by molar-refractivity contribution is -0.384. The molecule has 1 unspecified atom stereocenters. The van der Waals surface area contributed by atoms with Gasteiger partial charge in [0.15, 0.2) is 5.69 Å². The van der Waals surface area contributed by atoms with Crippen LogP contribution in [-0.4, -0.2) is 44.6 Å². The molecule has 2 aromatic rings. The van der Waals surface area contributed by atoms with Crippen molar-refractivity contribution in [1.82, 2.24) is 14.7 Å². The maximum atomic E-state index is 12.5. The zero-order chi connectivity index (χ0) is 16.4. The number of hydrogen-bond donors (Lipinski definition) is 1. The van der Waals surface area contributed by atoms with Gasteiger partial charge in [0.05, 0.1) is 10.6 Å². The number of amides is 1. The average molecular weight is 352 g/mol. The van der Waals surface area contributed by atoms with Crippen LogP contribution < -0.4 is 5.73 Å². The van der Waals surface area contributed by atoms with E-state index in [-0.39, 0.29) is 30.0 Å². The van der Waals surface area contributed by atoms with Crippen molar-refractivity contribution in [3.63, 3.8) is 0 Å². The van der Waals surface area contributed by atoms with Crippen LogP contribution in [0.4, 0.5) is 5.69 Å². The fraction of sp³-hybridized carbons (Fsp3) is 0.333. The largest absolute Gasteiger partial charge is 0.333 e. The summed E-state index contributed by atoms with van der Waals surface area (Å²) in [5.74, 6) is -0.151. The summed E-state index contributed by atoms with van der Waals surface area (Å²) in [6, 6.07) is 7.79. The minimum Gasteiger partial charge on any atom is -0.333 e. The first-order valence-electron chi connectivity index (χ1n) is 7.41. The van der Waals surface area contributed by atoms with Gasteiger partial charge >= 0.3 is 0 Å². The number of nitrogens with zero attached hydrogens (tertiary/aromatic N) is 4. The Kier molecular flexibility index (Phi) is 5.53. The number of halogens is 1. The molecule has 2 heterocycles. The van der Waals surface area contributed by atoms with Crippen LogP contribution in [0.1, 0.15) is 23.3 Å². The molecule has 9 heteroatoms. The number of benzene rings is 1. The number of rotatable bonds is 4. The second kappa shape index (κ2) is 7.41. The van der Waals surface area contributed by atoms with Crippen molar-refractivity contribution >= 4 is 24.0 Å². The summed E-state index contributed by atoms with van der Waals surface area (Å²) in [6.07, 6.45) is 3.48. The molecule has 128 valence electrons. The van der Waals surface area contributed by atoms with Gasteiger partial charge < -0.3 is 10.6 Å². The van der Waals surface area contributed by atoms with E-state index in [9.17, 15) is 14.9 Å². The lowest BCUT2D eigenvalue weighted by Gasteiger charge is -2.22. The average Bonchev–Trinajstić information content (AvgIpc) is 3.23. The molecular weight excluding hydrogens is 334 g/mol. The Labute approximate surface area is 144 Å². The lowest BCUT2D eigenvalue weighted by Crippen LogP contribution is -2.40. The van der Waals surface area contributed by atoms with E-state index in [1.807, 2.05) is 0 Å². The number of carbonyl (C=O) groups excluding carboxylic acids is 1. The number of nitro groups is 1. The second-order valence-corrected chi connectivity index (χ2v) is 5.45. The van der Waals surface area contributed by atoms with Gasteiger partial charge in [-0.3, -0.25) is 14.9 Å². The van der Waals surface area contributed by atoms with Gasteiger partial charge in [0.25, 0.3) is 11.6 Å². The molecule has 1 saturated heterocycles. The molecule has 0 bridgehead atoms. The highest BCUT2D eigenvalue weighted by Crippen LogP contribution is 2.20. The molecule has 1 aromatic carbocycles. The zero-order valence-electron chi connectivity index (χ0n) is 12.9. The van der Waals surface area contributed by atoms with E-state index in [2.05, 4.69) is 5.10 Å². The first-order chi connectivity index (χ1) is 11.1. The van der Waals surface area contributed by atoms with Gasteiger partial charge in [-0.15, -0.1) is 12.4 Å². The number of likely N-dealkylation sites (tertiary alicyclic amines) is 1. The summed E-state index contributed by atoms with van der Waals surface area (Å²) in [6.45, 7) is 1.13. The van der Waals surface area contributed by atoms with Gasteiger partial charge in [-0.1, -0.05) is 6.07 Å². The van der Waals surface area contributed by atoms with E-state index in [1.54, 1.807) is 29.3 Å². The number of carbonyl (C=O) groups is 1. The first kappa shape index (κ1) is 17.9. The van der Waals surface area contributed by atoms with Crippen LogP contribution in [-0.2, 0) is 0 Å². The Balaban J connectivity index is 0.00000208. The van der Waals surface area contributed by atoms with Crippen molar-refractivity contribution in [3.8, 4) is 5.69 Å². The van der Waals surface area contributed by atoms with Crippen LogP contribution in [0, 0.1) is 10.1 Å². The van der Waals surface area contributed by atoms with E-state index < -0.39 is 4.92 Å². The van der Waals surface area contributed by atoms with E-state index >= 15 is 0 Å². The van der Waals surface area contributed by atoms with Crippen LogP contribution in [0.3, 0.4) is 0 Å². The van der Waals surface area contributed by atoms with Gasteiger partial charge in [0.2, 0.25) is 0 Å². The third-order valence-electron chi connectivity index (χ3n) is 4.02. The Hall–Kier alpha value is -2.45. The van der Waals surface area contributed by atoms with E-state index in [1.165, 1.54) is 16.8 Å². The van der Waals surface area contributed by atoms with Crippen molar-refractivity contribution < 1.29 is 9.72 Å². The Bertz CT molecular complexity index is 748. The van der Waals surface area contributed by atoms with Crippen molar-refractivity contribution in [2.24, 2.45) is 5.73 Å². The Morgan fingerprint density at radius 2 is 2.21 bits per heavy atom. The molecular formula is C15H18ClN5O3. The quantitative estimate of drug-likeness (QED) is 0.667. The lowest BCUT2D eigenvalue weighted by atomic mass is 10.2. The number of nitrogens with two attached hydrogens (primary N) is 1. The Morgan fingerprint density at radius 3 is 2.92 bits per heavy atom. The molecule has 2 N–H and O–H groups in total. The summed E-state index contributed by atoms with van der Waals surface area (Å²) in [4.78, 5) is 24.7. The highest BCUT2D eigenvalue weighted by atomic mass is 35.5. The normalized spacial score (nSPS) is 16.7. The van der Waals surface area contributed by atoms with Crippen molar-refractivity contribution in [2.75, 3.05) is 13.1 Å². The summed E-state index contributed by atoms with van der Waals surface area (Å²) in [5.41, 5.74) is 6.53. The highest BCUT2D eigenvalue weighted by molar-refractivity contribution is 5.92. The van der Waals surface area contributed by atoms with Crippen LogP contribution in [0.2, 0.25) is 0 Å². The molecule has 0 radical (unpaired) electrons. The Morgan fingerprint density at radius 1 is 1.42 bits per heavy atom. The topological polar surface area (TPSA) is 107 Å². The van der Waals surface area contributed by atoms with Crippen LogP contribution in [0.25, 0.3) is 5.69 Å². The fourth-order valence-corrected chi connectivity index (χ4v) is 2.83. The van der Waals surface area contributed by atoms with Crippen LogP contribution in [0.15, 0.2) is 36.5 Å². The first-order valence-corrected chi connectivity index (χ1v) is 7.41. The monoisotopic (exact) mass is 351 g/mol. The molecule has 24 heavy (non-hydrogen) atoms. The molecule has 1 amide bonds. The molecule has 8 nitrogen and oxygen atoms in total. The molecule has 1 fully saturated rings.